The highest BCUT2D eigenvalue weighted by Crippen LogP contribution is 1.92. The fraction of sp³-hybridized carbons (Fsp3) is 0.455. The minimum absolute atomic E-state index is 0.267. The molecule has 0 atom stereocenters. The van der Waals surface area contributed by atoms with Crippen molar-refractivity contribution in [3.05, 3.63) is 35.9 Å². The maximum absolute atomic E-state index is 10.4. The maximum Gasteiger partial charge on any atom is 0.149 e. The van der Waals surface area contributed by atoms with Gasteiger partial charge in [-0.3, -0.25) is 0 Å². The Morgan fingerprint density at radius 3 is 1.57 bits per heavy atom. The molecule has 0 spiro atoms. The molecule has 80 valence electrons. The number of hydrogen-bond donors (Lipinski definition) is 0. The Balaban J connectivity index is 0.000000241. The van der Waals surface area contributed by atoms with Crippen LogP contribution in [-0.4, -0.2) is 19.9 Å². The van der Waals surface area contributed by atoms with Crippen LogP contribution >= 0.6 is 0 Å². The molecule has 1 aromatic carbocycles. The Morgan fingerprint density at radius 2 is 1.43 bits per heavy atom. The SMILES string of the molecule is CCS(=O)(=O)CC.Cc1ccccc1. The van der Waals surface area contributed by atoms with E-state index in [0.717, 1.165) is 0 Å². The van der Waals surface area contributed by atoms with Crippen LogP contribution in [0.3, 0.4) is 0 Å². The highest BCUT2D eigenvalue weighted by molar-refractivity contribution is 7.91. The van der Waals surface area contributed by atoms with Crippen molar-refractivity contribution >= 4 is 9.84 Å². The number of sulfone groups is 1. The summed E-state index contributed by atoms with van der Waals surface area (Å²) in [5, 5.41) is 0. The lowest BCUT2D eigenvalue weighted by molar-refractivity contribution is 0.598. The van der Waals surface area contributed by atoms with Crippen molar-refractivity contribution in [3.63, 3.8) is 0 Å². The summed E-state index contributed by atoms with van der Waals surface area (Å²) in [7, 11) is -2.66. The lowest BCUT2D eigenvalue weighted by Crippen LogP contribution is -2.04. The van der Waals surface area contributed by atoms with Gasteiger partial charge in [-0.15, -0.1) is 0 Å². The van der Waals surface area contributed by atoms with E-state index in [-0.39, 0.29) is 11.5 Å². The van der Waals surface area contributed by atoms with E-state index < -0.39 is 9.84 Å². The van der Waals surface area contributed by atoms with Gasteiger partial charge in [-0.1, -0.05) is 49.7 Å². The minimum Gasteiger partial charge on any atom is -0.229 e. The van der Waals surface area contributed by atoms with Crippen molar-refractivity contribution in [3.8, 4) is 0 Å². The number of rotatable bonds is 2. The fourth-order valence-electron chi connectivity index (χ4n) is 0.739. The predicted molar refractivity (Wildman–Crippen MR) is 61.2 cm³/mol. The third kappa shape index (κ3) is 6.66. The average molecular weight is 214 g/mol. The third-order valence-corrected chi connectivity index (χ3v) is 3.58. The first-order valence-corrected chi connectivity index (χ1v) is 6.56. The molecule has 0 aliphatic carbocycles. The van der Waals surface area contributed by atoms with Crippen LogP contribution in [0.15, 0.2) is 30.3 Å². The van der Waals surface area contributed by atoms with E-state index >= 15 is 0 Å². The summed E-state index contributed by atoms with van der Waals surface area (Å²) in [5.74, 6) is 0.535. The van der Waals surface area contributed by atoms with Crippen LogP contribution in [0.1, 0.15) is 19.4 Å². The number of hydrogen-bond acceptors (Lipinski definition) is 2. The zero-order valence-corrected chi connectivity index (χ0v) is 9.84. The van der Waals surface area contributed by atoms with E-state index in [2.05, 4.69) is 19.1 Å². The van der Waals surface area contributed by atoms with Crippen molar-refractivity contribution < 1.29 is 8.42 Å². The molecule has 1 aromatic rings. The summed E-state index contributed by atoms with van der Waals surface area (Å²) in [4.78, 5) is 0. The first-order valence-electron chi connectivity index (χ1n) is 4.74. The summed E-state index contributed by atoms with van der Waals surface area (Å²) in [5.41, 5.74) is 1.32. The topological polar surface area (TPSA) is 34.1 Å². The molecule has 0 saturated carbocycles. The summed E-state index contributed by atoms with van der Waals surface area (Å²) in [6, 6.07) is 10.3. The summed E-state index contributed by atoms with van der Waals surface area (Å²) in [6.07, 6.45) is 0. The zero-order valence-electron chi connectivity index (χ0n) is 9.03. The van der Waals surface area contributed by atoms with Gasteiger partial charge < -0.3 is 0 Å². The molecule has 1 rings (SSSR count). The Bertz CT molecular complexity index is 318. The largest absolute Gasteiger partial charge is 0.229 e. The van der Waals surface area contributed by atoms with Gasteiger partial charge in [-0.25, -0.2) is 8.42 Å². The van der Waals surface area contributed by atoms with Crippen LogP contribution in [0.4, 0.5) is 0 Å². The Morgan fingerprint density at radius 1 is 1.00 bits per heavy atom. The molecule has 0 heterocycles. The van der Waals surface area contributed by atoms with E-state index in [9.17, 15) is 8.42 Å². The molecule has 0 aromatic heterocycles. The predicted octanol–water partition coefficient (Wildman–Crippen LogP) is 2.44. The first kappa shape index (κ1) is 13.2. The molecule has 0 aliphatic heterocycles. The van der Waals surface area contributed by atoms with E-state index in [0.29, 0.717) is 0 Å². The molecule has 0 bridgehead atoms. The molecule has 0 N–H and O–H groups in total. The Labute approximate surface area is 86.9 Å². The highest BCUT2D eigenvalue weighted by Gasteiger charge is 1.99. The molecule has 0 amide bonds. The lowest BCUT2D eigenvalue weighted by Gasteiger charge is -1.89. The highest BCUT2D eigenvalue weighted by atomic mass is 32.2. The van der Waals surface area contributed by atoms with Crippen LogP contribution in [-0.2, 0) is 9.84 Å². The van der Waals surface area contributed by atoms with Crippen molar-refractivity contribution in [2.24, 2.45) is 0 Å². The van der Waals surface area contributed by atoms with Gasteiger partial charge in [-0.2, -0.15) is 0 Å². The van der Waals surface area contributed by atoms with Crippen LogP contribution in [0.25, 0.3) is 0 Å². The lowest BCUT2D eigenvalue weighted by atomic mass is 10.2. The van der Waals surface area contributed by atoms with Crippen LogP contribution < -0.4 is 0 Å². The van der Waals surface area contributed by atoms with Crippen LogP contribution in [0.2, 0.25) is 0 Å². The monoisotopic (exact) mass is 214 g/mol. The normalized spacial score (nSPS) is 10.2. The molecule has 0 fully saturated rings. The molecule has 0 unspecified atom stereocenters. The molecule has 2 nitrogen and oxygen atoms in total. The zero-order chi connectivity index (χ0) is 11.0. The minimum atomic E-state index is -2.66. The van der Waals surface area contributed by atoms with Gasteiger partial charge in [0, 0.05) is 11.5 Å². The molecular weight excluding hydrogens is 196 g/mol. The number of aryl methyl sites for hydroxylation is 1. The van der Waals surface area contributed by atoms with Gasteiger partial charge in [0.25, 0.3) is 0 Å². The van der Waals surface area contributed by atoms with Gasteiger partial charge in [0.05, 0.1) is 0 Å². The Hall–Kier alpha value is -0.830. The summed E-state index contributed by atoms with van der Waals surface area (Å²) >= 11 is 0. The van der Waals surface area contributed by atoms with Gasteiger partial charge >= 0.3 is 0 Å². The average Bonchev–Trinajstić information content (AvgIpc) is 2.20. The molecule has 14 heavy (non-hydrogen) atoms. The van der Waals surface area contributed by atoms with Gasteiger partial charge in [0.2, 0.25) is 0 Å². The van der Waals surface area contributed by atoms with E-state index in [1.165, 1.54) is 5.56 Å². The second-order valence-electron chi connectivity index (χ2n) is 2.98. The van der Waals surface area contributed by atoms with E-state index in [1.807, 2.05) is 18.2 Å². The first-order chi connectivity index (χ1) is 6.52. The summed E-state index contributed by atoms with van der Waals surface area (Å²) in [6.45, 7) is 5.39. The van der Waals surface area contributed by atoms with Crippen molar-refractivity contribution in [2.45, 2.75) is 20.8 Å². The van der Waals surface area contributed by atoms with Crippen LogP contribution in [0, 0.1) is 6.92 Å². The standard InChI is InChI=1S/C7H8.C4H10O2S/c1-7-5-3-2-4-6-7;1-3-7(5,6)4-2/h2-6H,1H3;3-4H2,1-2H3. The van der Waals surface area contributed by atoms with Crippen molar-refractivity contribution in [1.82, 2.24) is 0 Å². The molecular formula is C11H18O2S. The molecule has 0 saturated heterocycles. The van der Waals surface area contributed by atoms with Gasteiger partial charge in [0.15, 0.2) is 0 Å². The number of benzene rings is 1. The van der Waals surface area contributed by atoms with Gasteiger partial charge in [0.1, 0.15) is 9.84 Å². The molecule has 0 radical (unpaired) electrons. The van der Waals surface area contributed by atoms with E-state index in [4.69, 9.17) is 0 Å². The van der Waals surface area contributed by atoms with Crippen molar-refractivity contribution in [2.75, 3.05) is 11.5 Å². The quantitative estimate of drug-likeness (QED) is 0.757. The smallest absolute Gasteiger partial charge is 0.149 e. The van der Waals surface area contributed by atoms with Crippen molar-refractivity contribution in [1.29, 1.82) is 0 Å². The molecule has 0 aliphatic rings. The second kappa shape index (κ2) is 6.60. The summed E-state index contributed by atoms with van der Waals surface area (Å²) < 4.78 is 20.7. The third-order valence-electron chi connectivity index (χ3n) is 1.82. The second-order valence-corrected chi connectivity index (χ2v) is 5.62. The maximum atomic E-state index is 10.4. The van der Waals surface area contributed by atoms with Crippen LogP contribution in [0.5, 0.6) is 0 Å². The Kier molecular flexibility index (Phi) is 6.21. The fourth-order valence-corrected chi connectivity index (χ4v) is 1.15. The van der Waals surface area contributed by atoms with E-state index in [1.54, 1.807) is 13.8 Å². The van der Waals surface area contributed by atoms with Gasteiger partial charge in [-0.05, 0) is 6.92 Å². The molecule has 3 heteroatoms.